The fourth-order valence-electron chi connectivity index (χ4n) is 18.6. The standard InChI is InChI=1S/C66H110N4O16.C34H42N8O6/c1-44-18-13-12-14-19-45(2)57(79-9)40-53-24-22-50(7)66(78,86-53)63(75)64(76)70-26-16-15-21-54(70)65(77)85-58(47(4)38-51-23-25-55(72)59(39-51)80-10)41-56(73)46(3)37-49(6)61(74)62(81-11)60(48(5)36-44)67-43-84-42-52(71)20-17-32-82-34-35-83-33-31-69-29-27-68(8)28-30-69;1-2-10-44-12-14-46-16-17-47-15-13-45-11-8-29(43)41-9-7-24-18-23(3-4-26(24)21-41)20-42-33-30(32(35)37-22-38-33)31(40-42)25-5-6-28-27(19-25)39-34(36)48-28/h12-14,18-19,37,44,46-48,50-51,53-59,61-62,72-74,78H,15-17,20-36,38-43H2,1-11H3;3-6,18-19,22H,2,7-17,20-21H2,1H3,(H2,36,39)(H2,35,37,38)/b14-12+,18-13+,45-19+,49-37+,67-60?;/t44-,46-,47-,48-,50-,51+,53+,54+,55-,56-,57+,58+,59-,61-,62+,66-;/m1./s1. The van der Waals surface area contributed by atoms with Gasteiger partial charge in [-0.1, -0.05) is 96.2 Å². The molecular weight excluding hydrogens is 1720 g/mol. The summed E-state index contributed by atoms with van der Waals surface area (Å²) in [4.78, 5) is 95.0. The van der Waals surface area contributed by atoms with Gasteiger partial charge in [-0.2, -0.15) is 10.1 Å². The second-order valence-electron chi connectivity index (χ2n) is 37.0. The van der Waals surface area contributed by atoms with E-state index in [2.05, 4.69) is 69.9 Å². The lowest BCUT2D eigenvalue weighted by Crippen LogP contribution is -2.61. The van der Waals surface area contributed by atoms with Crippen LogP contribution in [0.25, 0.3) is 33.4 Å². The number of aromatic nitrogens is 5. The fourth-order valence-corrected chi connectivity index (χ4v) is 18.6. The first-order chi connectivity index (χ1) is 64.6. The summed E-state index contributed by atoms with van der Waals surface area (Å²) >= 11 is 0. The van der Waals surface area contributed by atoms with Crippen LogP contribution in [-0.2, 0) is 100 Å². The van der Waals surface area contributed by atoms with E-state index >= 15 is 0 Å². The van der Waals surface area contributed by atoms with Gasteiger partial charge in [0, 0.05) is 129 Å². The van der Waals surface area contributed by atoms with E-state index in [1.54, 1.807) is 34.1 Å². The number of anilines is 2. The molecule has 744 valence electrons. The first kappa shape index (κ1) is 108. The quantitative estimate of drug-likeness (QED) is 0.00931. The van der Waals surface area contributed by atoms with E-state index in [-0.39, 0.29) is 86.6 Å². The Hall–Kier alpha value is -8.24. The van der Waals surface area contributed by atoms with Crippen LogP contribution in [0, 0.1) is 35.5 Å². The minimum absolute atomic E-state index is 0.00786. The largest absolute Gasteiger partial charge is 0.460 e. The zero-order chi connectivity index (χ0) is 96.2. The van der Waals surface area contributed by atoms with Crippen molar-refractivity contribution in [1.82, 2.24) is 44.3 Å². The van der Waals surface area contributed by atoms with E-state index in [9.17, 15) is 44.4 Å². The van der Waals surface area contributed by atoms with Gasteiger partial charge in [-0.25, -0.2) is 19.4 Å². The predicted octanol–water partition coefficient (Wildman–Crippen LogP) is 10.0. The Morgan fingerprint density at radius 1 is 0.716 bits per heavy atom. The normalized spacial score (nSPS) is 28.0. The van der Waals surface area contributed by atoms with Gasteiger partial charge in [0.25, 0.3) is 17.7 Å². The Morgan fingerprint density at radius 3 is 2.16 bits per heavy atom. The maximum absolute atomic E-state index is 14.6. The highest BCUT2D eigenvalue weighted by Crippen LogP contribution is 2.40. The highest BCUT2D eigenvalue weighted by molar-refractivity contribution is 6.39. The van der Waals surface area contributed by atoms with E-state index < -0.39 is 84.1 Å². The number of esters is 1. The van der Waals surface area contributed by atoms with Crippen molar-refractivity contribution in [2.45, 2.75) is 238 Å². The van der Waals surface area contributed by atoms with Crippen LogP contribution in [0.1, 0.15) is 175 Å². The number of rotatable bonds is 37. The van der Waals surface area contributed by atoms with Gasteiger partial charge >= 0.3 is 5.97 Å². The number of hydrogen-bond donors (Lipinski definition) is 6. The van der Waals surface area contributed by atoms with Gasteiger partial charge in [0.2, 0.25) is 11.7 Å². The van der Waals surface area contributed by atoms with Crippen LogP contribution in [0.5, 0.6) is 0 Å². The predicted molar refractivity (Wildman–Crippen MR) is 509 cm³/mol. The Bertz CT molecular complexity index is 4650. The molecule has 3 saturated heterocycles. The smallest absolute Gasteiger partial charge is 0.329 e. The number of carbonyl (C=O) groups is 5. The number of allylic oxidation sites excluding steroid dienone is 5. The summed E-state index contributed by atoms with van der Waals surface area (Å²) in [5.41, 5.74) is 20.8. The van der Waals surface area contributed by atoms with Crippen molar-refractivity contribution in [3.8, 4) is 11.3 Å². The molecule has 34 heteroatoms. The second kappa shape index (κ2) is 55.4. The molecule has 1 aliphatic carbocycles. The number of nitrogen functional groups attached to an aromatic ring is 2. The van der Waals surface area contributed by atoms with Crippen molar-refractivity contribution < 1.29 is 106 Å². The first-order valence-electron chi connectivity index (χ1n) is 48.4. The summed E-state index contributed by atoms with van der Waals surface area (Å²) in [5, 5.41) is 52.6. The number of amides is 2. The summed E-state index contributed by atoms with van der Waals surface area (Å²) in [6, 6.07) is 10.9. The van der Waals surface area contributed by atoms with Crippen LogP contribution in [-0.4, -0.2) is 327 Å². The maximum atomic E-state index is 14.6. The zero-order valence-electron chi connectivity index (χ0n) is 81.2. The number of oxazole rings is 1. The molecule has 34 nitrogen and oxygen atoms in total. The number of aliphatic hydroxyl groups is 4. The van der Waals surface area contributed by atoms with E-state index in [1.165, 1.54) is 23.9 Å². The molecule has 2 bridgehead atoms. The van der Waals surface area contributed by atoms with Crippen molar-refractivity contribution in [3.05, 3.63) is 107 Å². The molecule has 5 aliphatic heterocycles. The van der Waals surface area contributed by atoms with E-state index in [1.807, 2.05) is 79.8 Å². The van der Waals surface area contributed by atoms with Crippen molar-refractivity contribution in [1.29, 1.82) is 0 Å². The number of nitrogens with two attached hydrogens (primary N) is 2. The number of Topliss-reactive ketones (excluding diaryl/α,β-unsaturated/α-hetero) is 2. The van der Waals surface area contributed by atoms with Gasteiger partial charge in [-0.15, -0.1) is 0 Å². The van der Waals surface area contributed by atoms with Crippen LogP contribution in [0.4, 0.5) is 11.8 Å². The van der Waals surface area contributed by atoms with Crippen molar-refractivity contribution in [3.63, 3.8) is 0 Å². The van der Waals surface area contributed by atoms with Crippen LogP contribution in [0.15, 0.2) is 99.7 Å². The fraction of sp³-hybridized carbons (Fsp3) is 0.680. The number of ketones is 2. The van der Waals surface area contributed by atoms with Crippen LogP contribution in [0.2, 0.25) is 0 Å². The molecule has 16 atom stereocenters. The molecule has 8 heterocycles. The number of methoxy groups -OCH3 is 3. The number of carbonyl (C=O) groups excluding carboxylic acids is 5. The van der Waals surface area contributed by atoms with Gasteiger partial charge in [-0.3, -0.25) is 29.1 Å². The number of likely N-dealkylation sites (N-methyl/N-ethyl adjacent to an activating group) is 1. The van der Waals surface area contributed by atoms with Gasteiger partial charge in [0.1, 0.15) is 61.0 Å². The molecule has 6 aliphatic rings. The number of aliphatic hydroxyl groups excluding tert-OH is 3. The van der Waals surface area contributed by atoms with E-state index in [0.717, 1.165) is 80.9 Å². The van der Waals surface area contributed by atoms with Crippen LogP contribution in [0.3, 0.4) is 0 Å². The third-order valence-electron chi connectivity index (χ3n) is 26.7. The van der Waals surface area contributed by atoms with E-state index in [0.29, 0.717) is 208 Å². The molecule has 3 aromatic heterocycles. The highest BCUT2D eigenvalue weighted by atomic mass is 16.6. The molecule has 1 saturated carbocycles. The number of cyclic esters (lactones) is 1. The Balaban J connectivity index is 0.000000324. The average molecular weight is 1870 g/mol. The van der Waals surface area contributed by atoms with Crippen LogP contribution < -0.4 is 11.5 Å². The molecule has 2 aromatic carbocycles. The number of aliphatic imine (C=N–C) groups is 1. The summed E-state index contributed by atoms with van der Waals surface area (Å²) < 4.78 is 76.9. The Labute approximate surface area is 790 Å². The second-order valence-corrected chi connectivity index (χ2v) is 37.0. The third-order valence-corrected chi connectivity index (χ3v) is 26.7. The Morgan fingerprint density at radius 2 is 1.44 bits per heavy atom. The molecule has 4 fully saturated rings. The third kappa shape index (κ3) is 32.2. The van der Waals surface area contributed by atoms with Crippen LogP contribution >= 0.6 is 0 Å². The average Bonchev–Trinajstić information content (AvgIpc) is 1.62. The summed E-state index contributed by atoms with van der Waals surface area (Å²) in [7, 11) is 6.83. The molecular formula is C100H152N12O22. The van der Waals surface area contributed by atoms with Crippen molar-refractivity contribution >= 4 is 69.0 Å². The molecule has 134 heavy (non-hydrogen) atoms. The lowest BCUT2D eigenvalue weighted by Gasteiger charge is -2.43. The highest BCUT2D eigenvalue weighted by Gasteiger charge is 2.53. The monoisotopic (exact) mass is 1870 g/mol. The maximum Gasteiger partial charge on any atom is 0.329 e. The SMILES string of the molecule is CCCOCCOCCOCCOCCC(=O)N1CCc2cc(Cn3nc(-c4ccc5oc(N)nc5c4)c4c(N)ncnc43)ccc2C1.CO[C@H]1C[C@@H]2CC[C@@H](C)[C@@](O)(O2)C(=O)C(=O)N2CCCC[C@H]2C(=O)O[C@H]([C@H](C)C[C@@H]2CC[C@@H](O)[C@H](OC)C2)C[C@@H](O)[C@H](C)/C=C(\C)[C@@H](O)[C@@H](OC)C(=NCOCC(=O)CCCOCCOCCN2CCN(C)CC2)[C@H](C)C[C@H](C)/C=C/C=C/C=C/1C. The summed E-state index contributed by atoms with van der Waals surface area (Å²) in [5.74, 6) is -6.57. The number of fused-ring (bicyclic) bond motifs is 6. The number of hydrogen-bond acceptors (Lipinski definition) is 31. The number of ether oxygens (including phenoxy) is 12. The molecule has 0 unspecified atom stereocenters. The van der Waals surface area contributed by atoms with Gasteiger partial charge in [0.05, 0.1) is 115 Å². The summed E-state index contributed by atoms with van der Waals surface area (Å²) in [6.07, 6.45) is 15.7. The number of piperidine rings is 1. The first-order valence-corrected chi connectivity index (χ1v) is 48.4. The number of piperazine rings is 1. The van der Waals surface area contributed by atoms with Gasteiger partial charge < -0.3 is 108 Å². The number of nitrogens with zero attached hydrogens (tertiary/aromatic N) is 10. The van der Waals surface area contributed by atoms with Gasteiger partial charge in [-0.05, 0) is 174 Å². The molecule has 0 spiro atoms. The molecule has 2 amide bonds. The van der Waals surface area contributed by atoms with Gasteiger partial charge in [0.15, 0.2) is 17.0 Å². The molecule has 0 radical (unpaired) electrons. The van der Waals surface area contributed by atoms with Crippen molar-refractivity contribution in [2.75, 3.05) is 178 Å². The number of benzene rings is 2. The minimum atomic E-state index is -2.44. The molecule has 8 N–H and O–H groups in total. The summed E-state index contributed by atoms with van der Waals surface area (Å²) in [6.45, 7) is 28.4. The lowest BCUT2D eigenvalue weighted by atomic mass is 9.78. The lowest BCUT2D eigenvalue weighted by molar-refractivity contribution is -0.265. The van der Waals surface area contributed by atoms with E-state index in [4.69, 9.17) is 82.8 Å². The minimum Gasteiger partial charge on any atom is -0.460 e. The van der Waals surface area contributed by atoms with Crippen molar-refractivity contribution in [2.24, 2.45) is 40.5 Å². The Kier molecular flexibility index (Phi) is 44.5. The topological polar surface area (TPSA) is 424 Å². The zero-order valence-corrected chi connectivity index (χ0v) is 81.2. The molecule has 5 aromatic rings. The molecule has 11 rings (SSSR count).